The van der Waals surface area contributed by atoms with Gasteiger partial charge in [-0.25, -0.2) is 0 Å². The predicted octanol–water partition coefficient (Wildman–Crippen LogP) is 14.3. The van der Waals surface area contributed by atoms with Crippen LogP contribution in [0.1, 0.15) is 52.7 Å². The quantitative estimate of drug-likeness (QED) is 0.131. The summed E-state index contributed by atoms with van der Waals surface area (Å²) in [5, 5.41) is 10.3. The van der Waals surface area contributed by atoms with E-state index >= 15 is 0 Å². The summed E-state index contributed by atoms with van der Waals surface area (Å²) in [6, 6.07) is 62.9. The first kappa shape index (κ1) is 37.3. The van der Waals surface area contributed by atoms with Crippen molar-refractivity contribution in [2.75, 3.05) is 0 Å². The molecule has 3 heterocycles. The molecule has 0 unspecified atom stereocenters. The monoisotopic (exact) mass is 823 g/mol. The molecule has 0 aliphatic carbocycles. The molecule has 0 saturated heterocycles. The number of hydrogen-bond donors (Lipinski definition) is 0. The van der Waals surface area contributed by atoms with Crippen LogP contribution in [0.2, 0.25) is 0 Å². The van der Waals surface area contributed by atoms with Gasteiger partial charge >= 0.3 is 0 Å². The molecule has 0 amide bonds. The molecule has 0 bridgehead atoms. The number of aromatic nitrogens is 1. The second-order valence-electron chi connectivity index (χ2n) is 20.1. The van der Waals surface area contributed by atoms with E-state index in [1.54, 1.807) is 0 Å². The van der Waals surface area contributed by atoms with Crippen LogP contribution in [0.5, 0.6) is 23.0 Å². The summed E-state index contributed by atoms with van der Waals surface area (Å²) in [6.45, 7) is 13.8. The highest BCUT2D eigenvalue weighted by atomic mass is 16.5. The Morgan fingerprint density at radius 3 is 1.56 bits per heavy atom. The molecule has 0 radical (unpaired) electrons. The topological polar surface area (TPSA) is 23.4 Å². The smallest absolute Gasteiger partial charge is 0.260 e. The first-order valence-corrected chi connectivity index (χ1v) is 22.6. The number of hydrogen-bond acceptors (Lipinski definition) is 2. The second kappa shape index (κ2) is 13.1. The summed E-state index contributed by atoms with van der Waals surface area (Å²) in [5.74, 6) is 3.38. The van der Waals surface area contributed by atoms with Gasteiger partial charge in [-0.3, -0.25) is 0 Å². The van der Waals surface area contributed by atoms with Gasteiger partial charge in [0.1, 0.15) is 23.0 Å². The van der Waals surface area contributed by atoms with Gasteiger partial charge in [0, 0.05) is 28.4 Å². The number of rotatable bonds is 3. The molecule has 2 aliphatic heterocycles. The summed E-state index contributed by atoms with van der Waals surface area (Å²) < 4.78 is 16.5. The summed E-state index contributed by atoms with van der Waals surface area (Å²) in [6.07, 6.45) is 0. The molecule has 13 rings (SSSR count). The average Bonchev–Trinajstić information content (AvgIpc) is 3.64. The Labute approximate surface area is 373 Å². The maximum absolute atomic E-state index is 7.12. The molecule has 11 aromatic rings. The Kier molecular flexibility index (Phi) is 7.64. The van der Waals surface area contributed by atoms with Gasteiger partial charge < -0.3 is 14.0 Å². The van der Waals surface area contributed by atoms with Crippen LogP contribution >= 0.6 is 0 Å². The van der Waals surface area contributed by atoms with Crippen molar-refractivity contribution >= 4 is 77.2 Å². The van der Waals surface area contributed by atoms with Crippen molar-refractivity contribution in [2.45, 2.75) is 52.4 Å². The van der Waals surface area contributed by atoms with Crippen LogP contribution in [0, 0.1) is 0 Å². The Bertz CT molecular complexity index is 3680. The Morgan fingerprint density at radius 1 is 0.406 bits per heavy atom. The van der Waals surface area contributed by atoms with Crippen molar-refractivity contribution in [3.63, 3.8) is 0 Å². The third-order valence-corrected chi connectivity index (χ3v) is 14.1. The molecule has 2 aliphatic rings. The van der Waals surface area contributed by atoms with E-state index in [1.165, 1.54) is 70.9 Å². The molecule has 0 N–H and O–H groups in total. The highest BCUT2D eigenvalue weighted by Gasteiger charge is 2.41. The third kappa shape index (κ3) is 5.48. The van der Waals surface area contributed by atoms with Gasteiger partial charge in [-0.15, -0.1) is 0 Å². The Hall–Kier alpha value is -7.30. The van der Waals surface area contributed by atoms with E-state index in [1.807, 2.05) is 0 Å². The molecule has 64 heavy (non-hydrogen) atoms. The van der Waals surface area contributed by atoms with Crippen molar-refractivity contribution in [1.29, 1.82) is 0 Å². The maximum atomic E-state index is 7.12. The van der Waals surface area contributed by atoms with Crippen molar-refractivity contribution in [3.8, 4) is 50.9 Å². The fourth-order valence-electron chi connectivity index (χ4n) is 10.8. The minimum absolute atomic E-state index is 0.00867. The van der Waals surface area contributed by atoms with E-state index in [-0.39, 0.29) is 17.5 Å². The average molecular weight is 824 g/mol. The number of nitrogens with zero attached hydrogens (tertiary/aromatic N) is 1. The highest BCUT2D eigenvalue weighted by Crippen LogP contribution is 2.46. The van der Waals surface area contributed by atoms with E-state index in [9.17, 15) is 0 Å². The summed E-state index contributed by atoms with van der Waals surface area (Å²) in [7, 11) is 0. The molecule has 0 atom stereocenters. The van der Waals surface area contributed by atoms with Crippen molar-refractivity contribution < 1.29 is 9.47 Å². The van der Waals surface area contributed by atoms with Crippen LogP contribution in [-0.4, -0.2) is 11.3 Å². The normalized spacial score (nSPS) is 13.4. The van der Waals surface area contributed by atoms with Crippen LogP contribution in [0.3, 0.4) is 0 Å². The summed E-state index contributed by atoms with van der Waals surface area (Å²) in [5.41, 5.74) is 14.1. The standard InChI is InChI=1S/C60H46BNO2/c1-59(2,3)41-26-38-20-21-39-27-42(60(4,5)6)32-47-46(29-40(28-41)56(38)57(39)47)37-23-25-53-49(31-37)61-48-30-36(35-14-8-7-9-15-35)22-24-52(48)63-54-33-43(34-55(64-53)58(54)61)62-50-18-12-10-16-44(50)45-17-11-13-19-51(45)62/h7-34H,1-6H3. The van der Waals surface area contributed by atoms with Gasteiger partial charge in [-0.2, -0.15) is 0 Å². The number of ether oxygens (including phenoxy) is 2. The molecule has 1 aromatic heterocycles. The third-order valence-electron chi connectivity index (χ3n) is 14.1. The Morgan fingerprint density at radius 2 is 0.938 bits per heavy atom. The van der Waals surface area contributed by atoms with Gasteiger partial charge in [0.2, 0.25) is 0 Å². The molecule has 3 nitrogen and oxygen atoms in total. The minimum Gasteiger partial charge on any atom is -0.458 e. The Balaban J connectivity index is 1.06. The zero-order valence-electron chi connectivity index (χ0n) is 37.0. The number of benzene rings is 10. The van der Waals surface area contributed by atoms with Crippen LogP contribution in [0.15, 0.2) is 170 Å². The maximum Gasteiger partial charge on any atom is 0.260 e. The van der Waals surface area contributed by atoms with Gasteiger partial charge in [0.15, 0.2) is 0 Å². The van der Waals surface area contributed by atoms with Gasteiger partial charge in [0.05, 0.1) is 16.7 Å². The lowest BCUT2D eigenvalue weighted by Gasteiger charge is -2.34. The van der Waals surface area contributed by atoms with Crippen LogP contribution in [0.4, 0.5) is 0 Å². The summed E-state index contributed by atoms with van der Waals surface area (Å²) in [4.78, 5) is 0. The summed E-state index contributed by atoms with van der Waals surface area (Å²) >= 11 is 0. The molecular formula is C60H46BNO2. The lowest BCUT2D eigenvalue weighted by atomic mass is 9.34. The van der Waals surface area contributed by atoms with E-state index in [2.05, 4.69) is 216 Å². The zero-order valence-corrected chi connectivity index (χ0v) is 37.0. The molecule has 306 valence electrons. The largest absolute Gasteiger partial charge is 0.458 e. The van der Waals surface area contributed by atoms with Crippen LogP contribution < -0.4 is 25.9 Å². The first-order chi connectivity index (χ1) is 31.0. The first-order valence-electron chi connectivity index (χ1n) is 22.6. The van der Waals surface area contributed by atoms with Gasteiger partial charge in [0.25, 0.3) is 6.71 Å². The molecular weight excluding hydrogens is 777 g/mol. The molecule has 0 fully saturated rings. The van der Waals surface area contributed by atoms with Crippen LogP contribution in [0.25, 0.3) is 82.1 Å². The van der Waals surface area contributed by atoms with Crippen LogP contribution in [-0.2, 0) is 10.8 Å². The molecule has 0 saturated carbocycles. The van der Waals surface area contributed by atoms with Crippen molar-refractivity contribution in [3.05, 3.63) is 181 Å². The van der Waals surface area contributed by atoms with Crippen molar-refractivity contribution in [1.82, 2.24) is 4.57 Å². The predicted molar refractivity (Wildman–Crippen MR) is 270 cm³/mol. The van der Waals surface area contributed by atoms with E-state index < -0.39 is 0 Å². The lowest BCUT2D eigenvalue weighted by molar-refractivity contribution is 0.464. The fourth-order valence-corrected chi connectivity index (χ4v) is 10.8. The van der Waals surface area contributed by atoms with Gasteiger partial charge in [-0.05, 0) is 124 Å². The zero-order chi connectivity index (χ0) is 43.2. The lowest BCUT2D eigenvalue weighted by Crippen LogP contribution is -2.57. The van der Waals surface area contributed by atoms with Gasteiger partial charge in [-0.1, -0.05) is 163 Å². The molecule has 0 spiro atoms. The molecule has 10 aromatic carbocycles. The van der Waals surface area contributed by atoms with E-state index in [0.717, 1.165) is 61.7 Å². The van der Waals surface area contributed by atoms with Crippen molar-refractivity contribution in [2.24, 2.45) is 0 Å². The number of fused-ring (bicyclic) bond motifs is 7. The fraction of sp³-hybridized carbons (Fsp3) is 0.133. The highest BCUT2D eigenvalue weighted by molar-refractivity contribution is 6.98. The second-order valence-corrected chi connectivity index (χ2v) is 20.1. The van der Waals surface area contributed by atoms with E-state index in [0.29, 0.717) is 0 Å². The minimum atomic E-state index is -0.123. The SMILES string of the molecule is CC(C)(C)c1cc2ccc3cc(C(C)(C)C)cc4c(-c5ccc6c(c5)B5c7cc(-c8ccccc8)ccc7Oc7cc(-n8c9ccccc9c9ccccc98)cc(c75)O6)cc(c1)c2c34. The molecule has 4 heteroatoms. The number of para-hydroxylation sites is 2. The van der Waals surface area contributed by atoms with E-state index in [4.69, 9.17) is 9.47 Å².